The van der Waals surface area contributed by atoms with Crippen molar-refractivity contribution in [3.05, 3.63) is 35.9 Å². The van der Waals surface area contributed by atoms with E-state index >= 15 is 0 Å². The van der Waals surface area contributed by atoms with Gasteiger partial charge in [-0.05, 0) is 5.56 Å². The van der Waals surface area contributed by atoms with Crippen molar-refractivity contribution in [1.29, 1.82) is 0 Å². The van der Waals surface area contributed by atoms with E-state index in [1.165, 1.54) is 0 Å². The minimum Gasteiger partial charge on any atom is -0.347 e. The van der Waals surface area contributed by atoms with Crippen molar-refractivity contribution in [1.82, 2.24) is 9.80 Å². The molecular weight excluding hydrogens is 280 g/mol. The molecule has 0 aromatic heterocycles. The maximum absolute atomic E-state index is 12.7. The third-order valence-corrected chi connectivity index (χ3v) is 4.53. The van der Waals surface area contributed by atoms with Gasteiger partial charge in [0.05, 0.1) is 13.2 Å². The number of likely N-dealkylation sites (tertiary alicyclic amines) is 1. The topological polar surface area (TPSA) is 42.0 Å². The van der Waals surface area contributed by atoms with Crippen molar-refractivity contribution in [2.24, 2.45) is 0 Å². The molecule has 2 heterocycles. The highest BCUT2D eigenvalue weighted by molar-refractivity contribution is 5.82. The van der Waals surface area contributed by atoms with Crippen LogP contribution in [0.2, 0.25) is 0 Å². The van der Waals surface area contributed by atoms with Crippen molar-refractivity contribution in [3.8, 4) is 0 Å². The second-order valence-corrected chi connectivity index (χ2v) is 6.19. The standard InChI is InChI=1S/C17H24N2O3/c1-18(2)16(20)15(14-6-4-3-5-7-14)19-10-8-17(9-11-19)21-12-13-22-17/h3-7,15H,8-13H2,1-2H3/t15-/m0/s1. The van der Waals surface area contributed by atoms with E-state index in [-0.39, 0.29) is 11.9 Å². The second-order valence-electron chi connectivity index (χ2n) is 6.19. The molecule has 2 aliphatic rings. The smallest absolute Gasteiger partial charge is 0.244 e. The van der Waals surface area contributed by atoms with E-state index in [1.54, 1.807) is 4.90 Å². The molecule has 22 heavy (non-hydrogen) atoms. The summed E-state index contributed by atoms with van der Waals surface area (Å²) >= 11 is 0. The Morgan fingerprint density at radius 2 is 1.73 bits per heavy atom. The fourth-order valence-electron chi connectivity index (χ4n) is 3.30. The summed E-state index contributed by atoms with van der Waals surface area (Å²) in [6.07, 6.45) is 1.63. The number of hydrogen-bond acceptors (Lipinski definition) is 4. The average molecular weight is 304 g/mol. The molecule has 0 saturated carbocycles. The highest BCUT2D eigenvalue weighted by atomic mass is 16.7. The molecule has 0 bridgehead atoms. The molecule has 1 atom stereocenters. The van der Waals surface area contributed by atoms with Crippen LogP contribution in [0.25, 0.3) is 0 Å². The van der Waals surface area contributed by atoms with Crippen molar-refractivity contribution in [3.63, 3.8) is 0 Å². The zero-order valence-corrected chi connectivity index (χ0v) is 13.3. The van der Waals surface area contributed by atoms with E-state index in [2.05, 4.69) is 4.90 Å². The summed E-state index contributed by atoms with van der Waals surface area (Å²) in [4.78, 5) is 16.6. The van der Waals surface area contributed by atoms with Crippen molar-refractivity contribution in [2.75, 3.05) is 40.4 Å². The zero-order chi connectivity index (χ0) is 15.6. The van der Waals surface area contributed by atoms with Gasteiger partial charge in [-0.1, -0.05) is 30.3 Å². The Bertz CT molecular complexity index is 502. The summed E-state index contributed by atoms with van der Waals surface area (Å²) in [5.74, 6) is -0.283. The molecule has 120 valence electrons. The highest BCUT2D eigenvalue weighted by Crippen LogP contribution is 2.35. The van der Waals surface area contributed by atoms with Gasteiger partial charge in [0.1, 0.15) is 6.04 Å². The Balaban J connectivity index is 1.77. The second kappa shape index (κ2) is 6.36. The van der Waals surface area contributed by atoms with E-state index in [9.17, 15) is 4.79 Å². The first-order chi connectivity index (χ1) is 10.6. The van der Waals surface area contributed by atoms with Crippen LogP contribution in [0.4, 0.5) is 0 Å². The van der Waals surface area contributed by atoms with E-state index in [4.69, 9.17) is 9.47 Å². The number of ether oxygens (including phenoxy) is 2. The number of carbonyl (C=O) groups excluding carboxylic acids is 1. The lowest BCUT2D eigenvalue weighted by molar-refractivity contribution is -0.189. The minimum atomic E-state index is -0.404. The van der Waals surface area contributed by atoms with Gasteiger partial charge in [0.2, 0.25) is 5.91 Å². The predicted molar refractivity (Wildman–Crippen MR) is 83.3 cm³/mol. The summed E-state index contributed by atoms with van der Waals surface area (Å²) in [5.41, 5.74) is 1.05. The van der Waals surface area contributed by atoms with E-state index in [0.717, 1.165) is 31.5 Å². The number of amides is 1. The lowest BCUT2D eigenvalue weighted by Gasteiger charge is -2.41. The predicted octanol–water partition coefficient (Wildman–Crippen LogP) is 1.65. The lowest BCUT2D eigenvalue weighted by Crippen LogP contribution is -2.49. The molecule has 1 spiro atoms. The van der Waals surface area contributed by atoms with Gasteiger partial charge >= 0.3 is 0 Å². The van der Waals surface area contributed by atoms with Crippen LogP contribution in [0.3, 0.4) is 0 Å². The summed E-state index contributed by atoms with van der Waals surface area (Å²) in [6, 6.07) is 9.78. The largest absolute Gasteiger partial charge is 0.347 e. The van der Waals surface area contributed by atoms with Gasteiger partial charge in [-0.25, -0.2) is 0 Å². The zero-order valence-electron chi connectivity index (χ0n) is 13.3. The van der Waals surface area contributed by atoms with Gasteiger partial charge in [-0.2, -0.15) is 0 Å². The minimum absolute atomic E-state index is 0.121. The Hall–Kier alpha value is -1.43. The molecule has 0 aliphatic carbocycles. The highest BCUT2D eigenvalue weighted by Gasteiger charge is 2.42. The number of likely N-dealkylation sites (N-methyl/N-ethyl adjacent to an activating group) is 1. The van der Waals surface area contributed by atoms with Gasteiger partial charge < -0.3 is 14.4 Å². The molecule has 0 radical (unpaired) electrons. The van der Waals surface area contributed by atoms with Crippen LogP contribution >= 0.6 is 0 Å². The molecule has 1 aromatic carbocycles. The van der Waals surface area contributed by atoms with Crippen molar-refractivity contribution < 1.29 is 14.3 Å². The molecule has 2 fully saturated rings. The van der Waals surface area contributed by atoms with Crippen LogP contribution in [0.5, 0.6) is 0 Å². The van der Waals surface area contributed by atoms with E-state index in [1.807, 2.05) is 44.4 Å². The molecule has 2 saturated heterocycles. The summed E-state index contributed by atoms with van der Waals surface area (Å²) < 4.78 is 11.6. The lowest BCUT2D eigenvalue weighted by atomic mass is 9.97. The SMILES string of the molecule is CN(C)C(=O)[C@H](c1ccccc1)N1CCC2(CC1)OCCO2. The summed E-state index contributed by atoms with van der Waals surface area (Å²) in [6.45, 7) is 2.97. The third-order valence-electron chi connectivity index (χ3n) is 4.53. The fourth-order valence-corrected chi connectivity index (χ4v) is 3.30. The van der Waals surface area contributed by atoms with Gasteiger partial charge in [-0.3, -0.25) is 9.69 Å². The Kier molecular flexibility index (Phi) is 4.47. The van der Waals surface area contributed by atoms with Crippen LogP contribution in [-0.2, 0) is 14.3 Å². The monoisotopic (exact) mass is 304 g/mol. The van der Waals surface area contributed by atoms with Gasteiger partial charge in [0, 0.05) is 40.0 Å². The molecule has 1 amide bonds. The summed E-state index contributed by atoms with van der Waals surface area (Å²) in [5, 5.41) is 0. The Morgan fingerprint density at radius 3 is 2.27 bits per heavy atom. The number of carbonyl (C=O) groups is 1. The van der Waals surface area contributed by atoms with E-state index < -0.39 is 5.79 Å². The number of rotatable bonds is 3. The van der Waals surface area contributed by atoms with Gasteiger partial charge in [0.25, 0.3) is 0 Å². The van der Waals surface area contributed by atoms with Crippen LogP contribution < -0.4 is 0 Å². The first kappa shape index (κ1) is 15.5. The average Bonchev–Trinajstić information content (AvgIpc) is 2.99. The number of benzene rings is 1. The van der Waals surface area contributed by atoms with Crippen LogP contribution in [0, 0.1) is 0 Å². The molecule has 3 rings (SSSR count). The van der Waals surface area contributed by atoms with Crippen LogP contribution in [0.15, 0.2) is 30.3 Å². The van der Waals surface area contributed by atoms with Gasteiger partial charge in [0.15, 0.2) is 5.79 Å². The normalized spacial score (nSPS) is 22.6. The molecular formula is C17H24N2O3. The fraction of sp³-hybridized carbons (Fsp3) is 0.588. The summed E-state index contributed by atoms with van der Waals surface area (Å²) in [7, 11) is 3.62. The quantitative estimate of drug-likeness (QED) is 0.851. The van der Waals surface area contributed by atoms with Gasteiger partial charge in [-0.15, -0.1) is 0 Å². The van der Waals surface area contributed by atoms with Crippen molar-refractivity contribution in [2.45, 2.75) is 24.7 Å². The molecule has 5 nitrogen and oxygen atoms in total. The number of hydrogen-bond donors (Lipinski definition) is 0. The Labute approximate surface area is 131 Å². The molecule has 0 N–H and O–H groups in total. The number of piperidine rings is 1. The Morgan fingerprint density at radius 1 is 1.14 bits per heavy atom. The number of nitrogens with zero attached hydrogens (tertiary/aromatic N) is 2. The first-order valence-corrected chi connectivity index (χ1v) is 7.89. The maximum Gasteiger partial charge on any atom is 0.244 e. The first-order valence-electron chi connectivity index (χ1n) is 7.89. The third kappa shape index (κ3) is 3.02. The van der Waals surface area contributed by atoms with Crippen LogP contribution in [-0.4, -0.2) is 61.9 Å². The molecule has 5 heteroatoms. The van der Waals surface area contributed by atoms with E-state index in [0.29, 0.717) is 13.2 Å². The molecule has 2 aliphatic heterocycles. The maximum atomic E-state index is 12.7. The van der Waals surface area contributed by atoms with Crippen molar-refractivity contribution >= 4 is 5.91 Å². The van der Waals surface area contributed by atoms with Crippen LogP contribution in [0.1, 0.15) is 24.4 Å². The molecule has 0 unspecified atom stereocenters. The molecule has 1 aromatic rings.